The van der Waals surface area contributed by atoms with Gasteiger partial charge in [-0.3, -0.25) is 4.79 Å². The van der Waals surface area contributed by atoms with Crippen LogP contribution in [-0.2, 0) is 4.79 Å². The Balaban J connectivity index is 1.99. The number of aromatic nitrogens is 2. The van der Waals surface area contributed by atoms with Crippen LogP contribution < -0.4 is 5.32 Å². The van der Waals surface area contributed by atoms with Gasteiger partial charge in [0, 0.05) is 29.9 Å². The van der Waals surface area contributed by atoms with Gasteiger partial charge >= 0.3 is 0 Å². The lowest BCUT2D eigenvalue weighted by molar-refractivity contribution is -0.135. The number of carbonyl (C=O) groups excluding carboxylic acids is 1. The number of rotatable bonds is 5. The van der Waals surface area contributed by atoms with E-state index < -0.39 is 0 Å². The predicted octanol–water partition coefficient (Wildman–Crippen LogP) is 3.45. The molecule has 5 nitrogen and oxygen atoms in total. The summed E-state index contributed by atoms with van der Waals surface area (Å²) in [6, 6.07) is 2.08. The normalized spacial score (nSPS) is 11.7. The minimum absolute atomic E-state index is 0.140. The summed E-state index contributed by atoms with van der Waals surface area (Å²) < 4.78 is 0. The van der Waals surface area contributed by atoms with Crippen molar-refractivity contribution in [2.24, 2.45) is 0 Å². The molecule has 2 aromatic heterocycles. The lowest BCUT2D eigenvalue weighted by atomic mass is 10.1. The summed E-state index contributed by atoms with van der Waals surface area (Å²) >= 11 is 1.65. The van der Waals surface area contributed by atoms with E-state index in [9.17, 15) is 4.79 Å². The molecule has 0 bridgehead atoms. The third-order valence-corrected chi connectivity index (χ3v) is 4.47. The van der Waals surface area contributed by atoms with Crippen LogP contribution in [-0.4, -0.2) is 39.4 Å². The van der Waals surface area contributed by atoms with E-state index in [1.54, 1.807) is 17.7 Å². The molecule has 0 unspecified atom stereocenters. The average Bonchev–Trinajstić information content (AvgIpc) is 2.79. The Hall–Kier alpha value is -1.69. The van der Waals surface area contributed by atoms with Crippen molar-refractivity contribution in [1.82, 2.24) is 14.9 Å². The summed E-state index contributed by atoms with van der Waals surface area (Å²) in [4.78, 5) is 25.0. The molecule has 0 spiro atoms. The monoisotopic (exact) mass is 320 g/mol. The first kappa shape index (κ1) is 16.7. The zero-order valence-electron chi connectivity index (χ0n) is 13.9. The second-order valence-electron chi connectivity index (χ2n) is 6.28. The number of hydrogen-bond donors (Lipinski definition) is 1. The Bertz CT molecular complexity index is 660. The highest BCUT2D eigenvalue weighted by molar-refractivity contribution is 7.18. The maximum Gasteiger partial charge on any atom is 0.224 e. The van der Waals surface area contributed by atoms with Crippen molar-refractivity contribution < 1.29 is 4.79 Å². The van der Waals surface area contributed by atoms with E-state index in [-0.39, 0.29) is 11.4 Å². The molecule has 0 saturated heterocycles. The second kappa shape index (κ2) is 6.60. The van der Waals surface area contributed by atoms with Crippen LogP contribution in [0.5, 0.6) is 0 Å². The molecule has 0 radical (unpaired) electrons. The van der Waals surface area contributed by atoms with Crippen molar-refractivity contribution in [1.29, 1.82) is 0 Å². The summed E-state index contributed by atoms with van der Waals surface area (Å²) in [7, 11) is 0. The van der Waals surface area contributed by atoms with E-state index in [1.165, 1.54) is 4.88 Å². The molecular weight excluding hydrogens is 296 g/mol. The van der Waals surface area contributed by atoms with Crippen LogP contribution in [0.4, 0.5) is 5.82 Å². The van der Waals surface area contributed by atoms with Gasteiger partial charge in [-0.05, 0) is 40.7 Å². The highest BCUT2D eigenvalue weighted by Crippen LogP contribution is 2.27. The number of nitrogens with zero attached hydrogens (tertiary/aromatic N) is 3. The van der Waals surface area contributed by atoms with E-state index in [2.05, 4.69) is 49.0 Å². The summed E-state index contributed by atoms with van der Waals surface area (Å²) in [6.45, 7) is 11.6. The van der Waals surface area contributed by atoms with Gasteiger partial charge in [0.1, 0.15) is 17.0 Å². The van der Waals surface area contributed by atoms with Gasteiger partial charge in [0.2, 0.25) is 5.91 Å². The first-order chi connectivity index (χ1) is 10.3. The summed E-state index contributed by atoms with van der Waals surface area (Å²) in [5, 5.41) is 4.30. The molecule has 1 amide bonds. The van der Waals surface area contributed by atoms with Crippen molar-refractivity contribution in [3.8, 4) is 0 Å². The average molecular weight is 320 g/mol. The SMILES string of the molecule is CCN(C(=O)CCNc1ncnc2sc(C)cc12)C(C)(C)C. The molecule has 6 heteroatoms. The number of amides is 1. The third-order valence-electron chi connectivity index (χ3n) is 3.51. The van der Waals surface area contributed by atoms with Crippen LogP contribution in [0.25, 0.3) is 10.2 Å². The fourth-order valence-electron chi connectivity index (χ4n) is 2.56. The molecule has 0 aromatic carbocycles. The highest BCUT2D eigenvalue weighted by atomic mass is 32.1. The molecule has 2 rings (SSSR count). The molecule has 0 atom stereocenters. The minimum Gasteiger partial charge on any atom is -0.369 e. The van der Waals surface area contributed by atoms with Crippen molar-refractivity contribution in [2.45, 2.75) is 46.6 Å². The lowest BCUT2D eigenvalue weighted by Crippen LogP contribution is -2.45. The quantitative estimate of drug-likeness (QED) is 0.916. The fourth-order valence-corrected chi connectivity index (χ4v) is 3.41. The van der Waals surface area contributed by atoms with Crippen molar-refractivity contribution in [3.05, 3.63) is 17.3 Å². The summed E-state index contributed by atoms with van der Waals surface area (Å²) in [5.41, 5.74) is -0.140. The van der Waals surface area contributed by atoms with Gasteiger partial charge in [-0.25, -0.2) is 9.97 Å². The van der Waals surface area contributed by atoms with E-state index in [4.69, 9.17) is 0 Å². The van der Waals surface area contributed by atoms with E-state index >= 15 is 0 Å². The number of anilines is 1. The second-order valence-corrected chi connectivity index (χ2v) is 7.52. The topological polar surface area (TPSA) is 58.1 Å². The largest absolute Gasteiger partial charge is 0.369 e. The zero-order valence-corrected chi connectivity index (χ0v) is 14.8. The molecule has 22 heavy (non-hydrogen) atoms. The fraction of sp³-hybridized carbons (Fsp3) is 0.562. The molecule has 0 fully saturated rings. The first-order valence-corrected chi connectivity index (χ1v) is 8.40. The Labute approximate surface area is 135 Å². The zero-order chi connectivity index (χ0) is 16.3. The molecule has 120 valence electrons. The number of hydrogen-bond acceptors (Lipinski definition) is 5. The van der Waals surface area contributed by atoms with Gasteiger partial charge in [-0.15, -0.1) is 11.3 Å². The van der Waals surface area contributed by atoms with Gasteiger partial charge in [0.05, 0.1) is 5.39 Å². The number of carbonyl (C=O) groups is 1. The lowest BCUT2D eigenvalue weighted by Gasteiger charge is -2.35. The molecule has 0 aliphatic heterocycles. The van der Waals surface area contributed by atoms with Crippen molar-refractivity contribution >= 4 is 33.3 Å². The standard InChI is InChI=1S/C16H24N4OS/c1-6-20(16(3,4)5)13(21)7-8-17-14-12-9-11(2)22-15(12)19-10-18-14/h9-10H,6-8H2,1-5H3,(H,17,18,19). The van der Waals surface area contributed by atoms with Gasteiger partial charge < -0.3 is 10.2 Å². The first-order valence-electron chi connectivity index (χ1n) is 7.58. The van der Waals surface area contributed by atoms with Crippen molar-refractivity contribution in [2.75, 3.05) is 18.4 Å². The Kier molecular flexibility index (Phi) is 5.01. The summed E-state index contributed by atoms with van der Waals surface area (Å²) in [6.07, 6.45) is 2.02. The smallest absolute Gasteiger partial charge is 0.224 e. The Morgan fingerprint density at radius 1 is 1.36 bits per heavy atom. The molecular formula is C16H24N4OS. The van der Waals surface area contributed by atoms with Crippen LogP contribution >= 0.6 is 11.3 Å². The minimum atomic E-state index is -0.140. The molecule has 0 saturated carbocycles. The number of nitrogens with one attached hydrogen (secondary N) is 1. The van der Waals surface area contributed by atoms with E-state index in [0.29, 0.717) is 13.0 Å². The van der Waals surface area contributed by atoms with Crippen molar-refractivity contribution in [3.63, 3.8) is 0 Å². The number of thiophene rings is 1. The molecule has 1 N–H and O–H groups in total. The Morgan fingerprint density at radius 3 is 2.73 bits per heavy atom. The van der Waals surface area contributed by atoms with Crippen LogP contribution in [0, 0.1) is 6.92 Å². The van der Waals surface area contributed by atoms with E-state index in [1.807, 2.05) is 11.8 Å². The summed E-state index contributed by atoms with van der Waals surface area (Å²) in [5.74, 6) is 0.968. The maximum atomic E-state index is 12.3. The predicted molar refractivity (Wildman–Crippen MR) is 92.4 cm³/mol. The third kappa shape index (κ3) is 3.74. The van der Waals surface area contributed by atoms with Crippen LogP contribution in [0.2, 0.25) is 0 Å². The van der Waals surface area contributed by atoms with Gasteiger partial charge in [0.25, 0.3) is 0 Å². The van der Waals surface area contributed by atoms with E-state index in [0.717, 1.165) is 22.6 Å². The molecule has 2 heterocycles. The van der Waals surface area contributed by atoms with Crippen LogP contribution in [0.3, 0.4) is 0 Å². The van der Waals surface area contributed by atoms with Gasteiger partial charge in [0.15, 0.2) is 0 Å². The van der Waals surface area contributed by atoms with Crippen LogP contribution in [0.1, 0.15) is 39.0 Å². The maximum absolute atomic E-state index is 12.3. The van der Waals surface area contributed by atoms with Crippen LogP contribution in [0.15, 0.2) is 12.4 Å². The molecule has 0 aliphatic carbocycles. The van der Waals surface area contributed by atoms with Gasteiger partial charge in [-0.1, -0.05) is 0 Å². The molecule has 2 aromatic rings. The van der Waals surface area contributed by atoms with Gasteiger partial charge in [-0.2, -0.15) is 0 Å². The molecule has 0 aliphatic rings. The number of fused-ring (bicyclic) bond motifs is 1. The number of aryl methyl sites for hydroxylation is 1. The highest BCUT2D eigenvalue weighted by Gasteiger charge is 2.24. The Morgan fingerprint density at radius 2 is 2.09 bits per heavy atom.